The molecule has 6 aliphatic rings. The van der Waals surface area contributed by atoms with Gasteiger partial charge in [-0.15, -0.1) is 0 Å². The smallest absolute Gasteiger partial charge is 0.155 e. The number of hydrogen-bond acceptors (Lipinski definition) is 2. The van der Waals surface area contributed by atoms with E-state index in [0.717, 1.165) is 49.0 Å². The van der Waals surface area contributed by atoms with Gasteiger partial charge in [-0.1, -0.05) is 24.6 Å². The molecular weight excluding hydrogens is 332 g/mol. The number of carbonyl (C=O) groups is 1. The summed E-state index contributed by atoms with van der Waals surface area (Å²) in [5.74, 6) is 5.48. The highest BCUT2D eigenvalue weighted by atomic mass is 16.5. The molecule has 7 atom stereocenters. The molecule has 0 saturated heterocycles. The van der Waals surface area contributed by atoms with Crippen LogP contribution in [0.2, 0.25) is 0 Å². The minimum absolute atomic E-state index is 0.0458. The largest absolute Gasteiger partial charge is 0.366 e. The van der Waals surface area contributed by atoms with E-state index in [2.05, 4.69) is 25.2 Å². The van der Waals surface area contributed by atoms with Crippen molar-refractivity contribution in [3.05, 3.63) is 23.8 Å². The van der Waals surface area contributed by atoms with Crippen LogP contribution >= 0.6 is 0 Å². The van der Waals surface area contributed by atoms with Crippen LogP contribution in [0.1, 0.15) is 71.1 Å². The molecule has 1 heterocycles. The van der Waals surface area contributed by atoms with Gasteiger partial charge in [0.2, 0.25) is 0 Å². The summed E-state index contributed by atoms with van der Waals surface area (Å²) in [7, 11) is 0. The van der Waals surface area contributed by atoms with E-state index in [9.17, 15) is 4.79 Å². The highest BCUT2D eigenvalue weighted by molar-refractivity contribution is 5.91. The van der Waals surface area contributed by atoms with E-state index in [1.54, 1.807) is 5.57 Å². The van der Waals surface area contributed by atoms with Gasteiger partial charge in [-0.3, -0.25) is 4.79 Å². The number of fused-ring (bicyclic) bond motifs is 6. The standard InChI is InChI=1S/C25H34O2/c1-2-24-11-8-20-19-7-6-18(26)14-17(19)15-21(16-4-5-16)23(20)22(24)9-12-25(24)10-3-13-27-25/h3,10,14,16,19-23H,2,4-9,11-13,15H2,1H3/t19-,20?,21+,22?,23?,24-,25-/m0/s1. The first-order chi connectivity index (χ1) is 13.2. The number of carbonyl (C=O) groups excluding carboxylic acids is 1. The fraction of sp³-hybridized carbons (Fsp3) is 0.800. The molecule has 1 aliphatic heterocycles. The van der Waals surface area contributed by atoms with E-state index in [1.807, 2.05) is 0 Å². The molecule has 3 unspecified atom stereocenters. The SMILES string of the molecule is CC[C@]12CCC3C(C1CC[C@@]21C=CCO1)[C@@H](C1CC1)CC1=CC(=O)CC[C@@H]13. The van der Waals surface area contributed by atoms with E-state index in [-0.39, 0.29) is 5.60 Å². The van der Waals surface area contributed by atoms with Gasteiger partial charge in [-0.25, -0.2) is 0 Å². The lowest BCUT2D eigenvalue weighted by Gasteiger charge is -2.59. The second-order valence-electron chi connectivity index (χ2n) is 10.6. The molecule has 0 radical (unpaired) electrons. The van der Waals surface area contributed by atoms with Crippen molar-refractivity contribution in [2.75, 3.05) is 6.61 Å². The molecule has 2 nitrogen and oxygen atoms in total. The van der Waals surface area contributed by atoms with Crippen molar-refractivity contribution in [1.29, 1.82) is 0 Å². The van der Waals surface area contributed by atoms with Crippen LogP contribution < -0.4 is 0 Å². The van der Waals surface area contributed by atoms with E-state index >= 15 is 0 Å². The highest BCUT2D eigenvalue weighted by Gasteiger charge is 2.66. The Labute approximate surface area is 163 Å². The van der Waals surface area contributed by atoms with Crippen molar-refractivity contribution in [3.63, 3.8) is 0 Å². The lowest BCUT2D eigenvalue weighted by Crippen LogP contribution is -2.55. The third-order valence-corrected chi connectivity index (χ3v) is 9.95. The zero-order valence-electron chi connectivity index (χ0n) is 16.8. The predicted molar refractivity (Wildman–Crippen MR) is 106 cm³/mol. The Morgan fingerprint density at radius 3 is 2.74 bits per heavy atom. The number of allylic oxidation sites excluding steroid dienone is 1. The van der Waals surface area contributed by atoms with Gasteiger partial charge in [-0.05, 0) is 99.4 Å². The molecule has 0 aromatic carbocycles. The summed E-state index contributed by atoms with van der Waals surface area (Å²) in [5, 5.41) is 0. The molecule has 2 heteroatoms. The Hall–Kier alpha value is -0.890. The number of rotatable bonds is 2. The summed E-state index contributed by atoms with van der Waals surface area (Å²) in [6.07, 6.45) is 19.5. The predicted octanol–water partition coefficient (Wildman–Crippen LogP) is 5.48. The molecule has 146 valence electrons. The van der Waals surface area contributed by atoms with Crippen LogP contribution in [-0.4, -0.2) is 18.0 Å². The number of hydrogen-bond donors (Lipinski definition) is 0. The Bertz CT molecular complexity index is 716. The molecule has 0 amide bonds. The Morgan fingerprint density at radius 1 is 1.11 bits per heavy atom. The van der Waals surface area contributed by atoms with E-state index in [4.69, 9.17) is 4.74 Å². The van der Waals surface area contributed by atoms with Gasteiger partial charge in [0.15, 0.2) is 5.78 Å². The van der Waals surface area contributed by atoms with Crippen LogP contribution in [-0.2, 0) is 9.53 Å². The van der Waals surface area contributed by atoms with Crippen LogP contribution in [0, 0.1) is 40.9 Å². The fourth-order valence-corrected chi connectivity index (χ4v) is 8.84. The van der Waals surface area contributed by atoms with Crippen LogP contribution in [0.3, 0.4) is 0 Å². The zero-order valence-corrected chi connectivity index (χ0v) is 16.8. The first kappa shape index (κ1) is 17.0. The van der Waals surface area contributed by atoms with Crippen molar-refractivity contribution < 1.29 is 9.53 Å². The lowest BCUT2D eigenvalue weighted by molar-refractivity contribution is -0.135. The van der Waals surface area contributed by atoms with Crippen molar-refractivity contribution in [2.24, 2.45) is 40.9 Å². The first-order valence-corrected chi connectivity index (χ1v) is 11.7. The summed E-state index contributed by atoms with van der Waals surface area (Å²) in [6.45, 7) is 3.27. The molecule has 5 aliphatic carbocycles. The Kier molecular flexibility index (Phi) is 3.66. The summed E-state index contributed by atoms with van der Waals surface area (Å²) >= 11 is 0. The highest BCUT2D eigenvalue weighted by Crippen LogP contribution is 2.70. The third kappa shape index (κ3) is 2.20. The van der Waals surface area contributed by atoms with Gasteiger partial charge in [0.1, 0.15) is 0 Å². The average molecular weight is 367 g/mol. The molecule has 6 rings (SSSR count). The molecule has 0 N–H and O–H groups in total. The number of ketones is 1. The molecular formula is C25H34O2. The third-order valence-electron chi connectivity index (χ3n) is 9.95. The topological polar surface area (TPSA) is 26.3 Å². The second kappa shape index (κ2) is 5.81. The molecule has 1 spiro atoms. The Balaban J connectivity index is 1.42. The van der Waals surface area contributed by atoms with E-state index < -0.39 is 0 Å². The van der Waals surface area contributed by atoms with Crippen molar-refractivity contribution in [1.82, 2.24) is 0 Å². The molecule has 4 fully saturated rings. The van der Waals surface area contributed by atoms with Crippen molar-refractivity contribution >= 4 is 5.78 Å². The quantitative estimate of drug-likeness (QED) is 0.605. The minimum Gasteiger partial charge on any atom is -0.366 e. The zero-order chi connectivity index (χ0) is 18.2. The van der Waals surface area contributed by atoms with Gasteiger partial charge < -0.3 is 4.74 Å². The van der Waals surface area contributed by atoms with Gasteiger partial charge >= 0.3 is 0 Å². The molecule has 4 saturated carbocycles. The van der Waals surface area contributed by atoms with E-state index in [1.165, 1.54) is 51.4 Å². The van der Waals surface area contributed by atoms with Gasteiger partial charge in [0.05, 0.1) is 12.2 Å². The molecule has 0 bridgehead atoms. The van der Waals surface area contributed by atoms with Crippen LogP contribution in [0.4, 0.5) is 0 Å². The molecule has 0 aromatic heterocycles. The monoisotopic (exact) mass is 366 g/mol. The minimum atomic E-state index is 0.0458. The maximum atomic E-state index is 12.1. The fourth-order valence-electron chi connectivity index (χ4n) is 8.84. The summed E-state index contributed by atoms with van der Waals surface area (Å²) in [6, 6.07) is 0. The second-order valence-corrected chi connectivity index (χ2v) is 10.6. The average Bonchev–Trinajstić information content (AvgIpc) is 3.33. The normalized spacial score (nSPS) is 51.1. The van der Waals surface area contributed by atoms with E-state index in [0.29, 0.717) is 17.1 Å². The van der Waals surface area contributed by atoms with Crippen LogP contribution in [0.15, 0.2) is 23.8 Å². The lowest BCUT2D eigenvalue weighted by atomic mass is 9.46. The van der Waals surface area contributed by atoms with Gasteiger partial charge in [-0.2, -0.15) is 0 Å². The summed E-state index contributed by atoms with van der Waals surface area (Å²) in [4.78, 5) is 12.1. The van der Waals surface area contributed by atoms with Crippen LogP contribution in [0.5, 0.6) is 0 Å². The van der Waals surface area contributed by atoms with Gasteiger partial charge in [0.25, 0.3) is 0 Å². The van der Waals surface area contributed by atoms with Gasteiger partial charge in [0, 0.05) is 11.8 Å². The van der Waals surface area contributed by atoms with Crippen molar-refractivity contribution in [2.45, 2.75) is 76.7 Å². The van der Waals surface area contributed by atoms with Crippen LogP contribution in [0.25, 0.3) is 0 Å². The Morgan fingerprint density at radius 2 is 2.00 bits per heavy atom. The summed E-state index contributed by atoms with van der Waals surface area (Å²) < 4.78 is 6.51. The maximum absolute atomic E-state index is 12.1. The maximum Gasteiger partial charge on any atom is 0.155 e. The number of ether oxygens (including phenoxy) is 1. The van der Waals surface area contributed by atoms with Crippen molar-refractivity contribution in [3.8, 4) is 0 Å². The molecule has 27 heavy (non-hydrogen) atoms. The first-order valence-electron chi connectivity index (χ1n) is 11.7. The summed E-state index contributed by atoms with van der Waals surface area (Å²) in [5.41, 5.74) is 1.97. The molecule has 0 aromatic rings.